The van der Waals surface area contributed by atoms with Crippen molar-refractivity contribution in [3.8, 4) is 0 Å². The van der Waals surface area contributed by atoms with Crippen molar-refractivity contribution in [3.63, 3.8) is 0 Å². The fraction of sp³-hybridized carbons (Fsp3) is 0.333. The maximum atomic E-state index is 14.0. The first-order valence-electron chi connectivity index (χ1n) is 10.1. The Kier molecular flexibility index (Phi) is 8.81. The van der Waals surface area contributed by atoms with Gasteiger partial charge in [-0.1, -0.05) is 48.5 Å². The second-order valence-corrected chi connectivity index (χ2v) is 11.3. The third-order valence-corrected chi connectivity index (χ3v) is 7.48. The van der Waals surface area contributed by atoms with E-state index in [-0.39, 0.29) is 11.1 Å². The fourth-order valence-corrected chi connectivity index (χ4v) is 4.48. The summed E-state index contributed by atoms with van der Waals surface area (Å²) in [6.45, 7) is 0. The number of methoxy groups -OCH3 is 2. The Morgan fingerprint density at radius 1 is 0.676 bits per heavy atom. The average molecular weight is 572 g/mol. The van der Waals surface area contributed by atoms with Gasteiger partial charge in [0.25, 0.3) is 0 Å². The van der Waals surface area contributed by atoms with Crippen molar-refractivity contribution >= 4 is 27.1 Å². The molecule has 4 N–H and O–H groups in total. The lowest BCUT2D eigenvalue weighted by atomic mass is 9.76. The Bertz CT molecular complexity index is 1140. The highest BCUT2D eigenvalue weighted by Gasteiger charge is 2.52. The second-order valence-electron chi connectivity index (χ2n) is 7.98. The van der Waals surface area contributed by atoms with Crippen molar-refractivity contribution in [2.24, 2.45) is 5.41 Å². The number of esters is 2. The molecule has 0 saturated heterocycles. The predicted molar refractivity (Wildman–Crippen MR) is 119 cm³/mol. The average Bonchev–Trinajstić information content (AvgIpc) is 2.81. The first-order valence-corrected chi connectivity index (χ1v) is 13.3. The zero-order chi connectivity index (χ0) is 28.4. The fourth-order valence-electron chi connectivity index (χ4n) is 3.50. The number of halogens is 4. The van der Waals surface area contributed by atoms with Crippen LogP contribution in [0.3, 0.4) is 0 Å². The van der Waals surface area contributed by atoms with Gasteiger partial charge in [0.1, 0.15) is 0 Å². The maximum absolute atomic E-state index is 14.0. The van der Waals surface area contributed by atoms with Crippen molar-refractivity contribution < 1.29 is 65.3 Å². The zero-order valence-electron chi connectivity index (χ0n) is 19.2. The molecule has 0 aliphatic rings. The van der Waals surface area contributed by atoms with E-state index < -0.39 is 67.8 Å². The predicted octanol–water partition coefficient (Wildman–Crippen LogP) is 3.26. The number of ether oxygens (including phenoxy) is 2. The van der Waals surface area contributed by atoms with Crippen LogP contribution in [0.5, 0.6) is 0 Å². The molecule has 16 heteroatoms. The molecule has 10 nitrogen and oxygen atoms in total. The van der Waals surface area contributed by atoms with Gasteiger partial charge in [-0.05, 0) is 24.0 Å². The molecule has 2 aromatic carbocycles. The van der Waals surface area contributed by atoms with Crippen LogP contribution in [0.15, 0.2) is 48.5 Å². The molecule has 2 aromatic rings. The van der Waals surface area contributed by atoms with E-state index in [1.54, 1.807) is 0 Å². The summed E-state index contributed by atoms with van der Waals surface area (Å²) in [4.78, 5) is 61.1. The normalized spacial score (nSPS) is 13.2. The van der Waals surface area contributed by atoms with E-state index in [1.165, 1.54) is 0 Å². The molecule has 0 heterocycles. The van der Waals surface area contributed by atoms with Crippen LogP contribution in [-0.2, 0) is 52.4 Å². The maximum Gasteiger partial charge on any atom is 0.399 e. The van der Waals surface area contributed by atoms with Crippen LogP contribution < -0.4 is 0 Å². The second kappa shape index (κ2) is 10.6. The van der Waals surface area contributed by atoms with Crippen LogP contribution in [0, 0.1) is 5.41 Å². The Morgan fingerprint density at radius 3 is 1.16 bits per heavy atom. The molecule has 37 heavy (non-hydrogen) atoms. The summed E-state index contributed by atoms with van der Waals surface area (Å²) >= 11 is 0. The monoisotopic (exact) mass is 572 g/mol. The van der Waals surface area contributed by atoms with Crippen LogP contribution in [0.2, 0.25) is 0 Å². The van der Waals surface area contributed by atoms with Gasteiger partial charge < -0.3 is 29.0 Å². The van der Waals surface area contributed by atoms with Crippen LogP contribution in [0.1, 0.15) is 22.3 Å². The summed E-state index contributed by atoms with van der Waals surface area (Å²) in [7, 11) is -9.78. The van der Waals surface area contributed by atoms with Gasteiger partial charge in [0.05, 0.1) is 14.2 Å². The lowest BCUT2D eigenvalue weighted by molar-refractivity contribution is -0.169. The molecule has 0 aliphatic carbocycles. The van der Waals surface area contributed by atoms with E-state index in [9.17, 15) is 36.3 Å². The van der Waals surface area contributed by atoms with Crippen LogP contribution in [0.4, 0.5) is 17.6 Å². The van der Waals surface area contributed by atoms with E-state index >= 15 is 0 Å². The smallest absolute Gasteiger partial charge is 0.399 e. The van der Waals surface area contributed by atoms with Crippen molar-refractivity contribution in [1.82, 2.24) is 0 Å². The molecule has 0 saturated carbocycles. The molecular weight excluding hydrogens is 550 g/mol. The van der Waals surface area contributed by atoms with Crippen LogP contribution >= 0.6 is 15.2 Å². The zero-order valence-corrected chi connectivity index (χ0v) is 21.0. The highest BCUT2D eigenvalue weighted by Crippen LogP contribution is 2.60. The number of rotatable bonds is 10. The third kappa shape index (κ3) is 6.11. The number of alkyl halides is 4. The summed E-state index contributed by atoms with van der Waals surface area (Å²) in [6, 6.07) is 6.82. The Balaban J connectivity index is 2.50. The molecule has 2 rings (SSSR count). The van der Waals surface area contributed by atoms with Gasteiger partial charge in [0.15, 0.2) is 5.41 Å². The van der Waals surface area contributed by atoms with Gasteiger partial charge >= 0.3 is 38.5 Å². The van der Waals surface area contributed by atoms with Gasteiger partial charge in [0, 0.05) is 11.1 Å². The summed E-state index contributed by atoms with van der Waals surface area (Å²) in [5.41, 5.74) is -13.0. The summed E-state index contributed by atoms with van der Waals surface area (Å²) in [5, 5.41) is 0. The highest BCUT2D eigenvalue weighted by molar-refractivity contribution is 7.52. The number of carbonyl (C=O) groups excluding carboxylic acids is 2. The van der Waals surface area contributed by atoms with Gasteiger partial charge in [-0.2, -0.15) is 17.6 Å². The molecule has 0 bridgehead atoms. The molecule has 0 fully saturated rings. The van der Waals surface area contributed by atoms with Gasteiger partial charge in [0.2, 0.25) is 0 Å². The molecule has 0 unspecified atom stereocenters. The minimum Gasteiger partial charge on any atom is -0.468 e. The molecule has 204 valence electrons. The minimum absolute atomic E-state index is 0.0747. The number of hydrogen-bond acceptors (Lipinski definition) is 6. The van der Waals surface area contributed by atoms with Crippen LogP contribution in [-0.4, -0.2) is 45.7 Å². The van der Waals surface area contributed by atoms with E-state index in [1.807, 2.05) is 0 Å². The summed E-state index contributed by atoms with van der Waals surface area (Å²) in [5.74, 6) is -2.26. The SMILES string of the molecule is COC(=O)C(Cc1ccc(C(F)(F)P(=O)(O)O)cc1)(Cc1ccc(C(F)(F)P(=O)(O)O)cc1)C(=O)OC. The van der Waals surface area contributed by atoms with Crippen molar-refractivity contribution in [1.29, 1.82) is 0 Å². The van der Waals surface area contributed by atoms with E-state index in [4.69, 9.17) is 29.0 Å². The first-order chi connectivity index (χ1) is 16.8. The minimum atomic E-state index is -5.84. The first kappa shape index (κ1) is 30.6. The lowest BCUT2D eigenvalue weighted by Crippen LogP contribution is -2.45. The topological polar surface area (TPSA) is 168 Å². The molecule has 0 aromatic heterocycles. The largest absolute Gasteiger partial charge is 0.468 e. The number of carbonyl (C=O) groups is 2. The van der Waals surface area contributed by atoms with E-state index in [0.29, 0.717) is 24.3 Å². The molecule has 0 amide bonds. The Labute approximate surface area is 207 Å². The molecule has 0 spiro atoms. The van der Waals surface area contributed by atoms with Gasteiger partial charge in [-0.15, -0.1) is 0 Å². The molecule has 0 radical (unpaired) electrons. The number of benzene rings is 2. The van der Waals surface area contributed by atoms with Crippen LogP contribution in [0.25, 0.3) is 0 Å². The number of hydrogen-bond donors (Lipinski definition) is 4. The standard InChI is InChI=1S/C21H22F4O10P2/c1-34-17(26)19(18(27)35-2,11-13-3-7-15(8-4-13)20(22,23)36(28,29)30)12-14-5-9-16(10-6-14)21(24,25)37(31,32)33/h3-10H,11-12H2,1-2H3,(H2,28,29,30)(H2,31,32,33). The summed E-state index contributed by atoms with van der Waals surface area (Å²) < 4.78 is 87.5. The molecule has 0 aliphatic heterocycles. The molecule has 0 atom stereocenters. The Morgan fingerprint density at radius 2 is 0.946 bits per heavy atom. The van der Waals surface area contributed by atoms with E-state index in [0.717, 1.165) is 38.5 Å². The Hall–Kier alpha value is -2.60. The highest BCUT2D eigenvalue weighted by atomic mass is 31.2. The van der Waals surface area contributed by atoms with Crippen molar-refractivity contribution in [2.45, 2.75) is 24.2 Å². The van der Waals surface area contributed by atoms with Gasteiger partial charge in [-0.25, -0.2) is 0 Å². The van der Waals surface area contributed by atoms with Gasteiger partial charge in [-0.3, -0.25) is 18.7 Å². The molecular formula is C21H22F4O10P2. The quantitative estimate of drug-likeness (QED) is 0.144. The summed E-state index contributed by atoms with van der Waals surface area (Å²) in [6.07, 6.45) is -1.04. The van der Waals surface area contributed by atoms with Crippen molar-refractivity contribution in [3.05, 3.63) is 70.8 Å². The van der Waals surface area contributed by atoms with E-state index in [2.05, 4.69) is 0 Å². The third-order valence-electron chi connectivity index (χ3n) is 5.50. The lowest BCUT2D eigenvalue weighted by Gasteiger charge is -2.29. The van der Waals surface area contributed by atoms with Crippen molar-refractivity contribution in [2.75, 3.05) is 14.2 Å².